The number of ether oxygens (including phenoxy) is 1. The third kappa shape index (κ3) is 4.42. The van der Waals surface area contributed by atoms with Crippen LogP contribution in [0.4, 0.5) is 10.2 Å². The molecule has 0 amide bonds. The third-order valence-corrected chi connectivity index (χ3v) is 6.02. The van der Waals surface area contributed by atoms with Crippen molar-refractivity contribution in [3.63, 3.8) is 0 Å². The Bertz CT molecular complexity index is 1000. The summed E-state index contributed by atoms with van der Waals surface area (Å²) in [5.74, 6) is 2.40. The lowest BCUT2D eigenvalue weighted by Gasteiger charge is -2.21. The molecule has 2 saturated carbocycles. The van der Waals surface area contributed by atoms with Gasteiger partial charge in [-0.25, -0.2) is 14.4 Å². The van der Waals surface area contributed by atoms with Crippen molar-refractivity contribution >= 4 is 11.8 Å². The van der Waals surface area contributed by atoms with Crippen LogP contribution in [0.3, 0.4) is 0 Å². The number of rotatable bonds is 6. The van der Waals surface area contributed by atoms with Crippen molar-refractivity contribution in [2.24, 2.45) is 10.9 Å². The van der Waals surface area contributed by atoms with Crippen LogP contribution in [0.5, 0.6) is 5.75 Å². The van der Waals surface area contributed by atoms with E-state index in [0.29, 0.717) is 28.8 Å². The van der Waals surface area contributed by atoms with Crippen molar-refractivity contribution in [1.82, 2.24) is 21.2 Å². The van der Waals surface area contributed by atoms with E-state index in [1.54, 1.807) is 18.3 Å². The van der Waals surface area contributed by atoms with Gasteiger partial charge in [0.1, 0.15) is 17.4 Å². The number of pyridine rings is 1. The number of benzene rings is 1. The summed E-state index contributed by atoms with van der Waals surface area (Å²) < 4.78 is 19.6. The molecule has 3 aliphatic rings. The molecule has 1 aliphatic heterocycles. The van der Waals surface area contributed by atoms with Crippen molar-refractivity contribution in [3.8, 4) is 16.9 Å². The van der Waals surface area contributed by atoms with Gasteiger partial charge in [-0.05, 0) is 56.4 Å². The Morgan fingerprint density at radius 1 is 1.13 bits per heavy atom. The van der Waals surface area contributed by atoms with Crippen LogP contribution in [0.1, 0.15) is 32.1 Å². The predicted octanol–water partition coefficient (Wildman–Crippen LogP) is 3.53. The Morgan fingerprint density at radius 3 is 2.74 bits per heavy atom. The van der Waals surface area contributed by atoms with Crippen LogP contribution in [0.15, 0.2) is 53.4 Å². The van der Waals surface area contributed by atoms with Crippen LogP contribution < -0.4 is 26.2 Å². The normalized spacial score (nSPS) is 24.1. The molecule has 5 rings (SSSR count). The summed E-state index contributed by atoms with van der Waals surface area (Å²) in [6, 6.07) is 9.14. The van der Waals surface area contributed by atoms with Gasteiger partial charge in [-0.1, -0.05) is 6.07 Å². The first kappa shape index (κ1) is 19.7. The molecule has 0 unspecified atom stereocenters. The van der Waals surface area contributed by atoms with E-state index in [-0.39, 0.29) is 11.9 Å². The van der Waals surface area contributed by atoms with Gasteiger partial charge in [0.2, 0.25) is 5.96 Å². The van der Waals surface area contributed by atoms with Gasteiger partial charge in [0.05, 0.1) is 24.4 Å². The molecule has 7 nitrogen and oxygen atoms in total. The van der Waals surface area contributed by atoms with Crippen LogP contribution in [0, 0.1) is 11.7 Å². The molecule has 162 valence electrons. The van der Waals surface area contributed by atoms with Gasteiger partial charge >= 0.3 is 0 Å². The summed E-state index contributed by atoms with van der Waals surface area (Å²) in [5.41, 5.74) is 8.75. The number of guanidine groups is 1. The van der Waals surface area contributed by atoms with Gasteiger partial charge < -0.3 is 20.8 Å². The monoisotopic (exact) mass is 422 g/mol. The van der Waals surface area contributed by atoms with Crippen LogP contribution in [-0.2, 0) is 0 Å². The Hall–Kier alpha value is -3.29. The van der Waals surface area contributed by atoms with E-state index >= 15 is 0 Å². The van der Waals surface area contributed by atoms with E-state index in [4.69, 9.17) is 9.73 Å². The highest BCUT2D eigenvalue weighted by Gasteiger charge is 2.29. The first-order chi connectivity index (χ1) is 15.2. The molecule has 2 atom stereocenters. The van der Waals surface area contributed by atoms with Gasteiger partial charge in [-0.2, -0.15) is 0 Å². The van der Waals surface area contributed by atoms with E-state index in [9.17, 15) is 4.39 Å². The maximum Gasteiger partial charge on any atom is 0.214 e. The number of aromatic nitrogens is 1. The van der Waals surface area contributed by atoms with Crippen LogP contribution in [0.2, 0.25) is 0 Å². The molecule has 2 aromatic rings. The quantitative estimate of drug-likeness (QED) is 0.570. The molecule has 0 saturated heterocycles. The Morgan fingerprint density at radius 2 is 2.03 bits per heavy atom. The number of hydrazine groups is 1. The van der Waals surface area contributed by atoms with Crippen LogP contribution >= 0.6 is 0 Å². The molecule has 1 aromatic carbocycles. The molecule has 0 spiro atoms. The minimum Gasteiger partial charge on any atom is -0.496 e. The zero-order valence-corrected chi connectivity index (χ0v) is 17.5. The maximum atomic E-state index is 14.3. The zero-order valence-electron chi connectivity index (χ0n) is 17.5. The summed E-state index contributed by atoms with van der Waals surface area (Å²) in [7, 11) is 1.54. The van der Waals surface area contributed by atoms with E-state index in [1.165, 1.54) is 31.7 Å². The number of halogens is 1. The highest BCUT2D eigenvalue weighted by atomic mass is 19.1. The van der Waals surface area contributed by atoms with Gasteiger partial charge in [-0.3, -0.25) is 5.43 Å². The number of aliphatic imine (C=N–C) groups is 1. The van der Waals surface area contributed by atoms with Gasteiger partial charge in [0.25, 0.3) is 0 Å². The zero-order chi connectivity index (χ0) is 21.2. The number of nitrogens with zero attached hydrogens (tertiary/aromatic N) is 2. The number of nitrogens with one attached hydrogen (secondary N) is 4. The molecule has 1 aromatic heterocycles. The number of anilines is 1. The third-order valence-electron chi connectivity index (χ3n) is 6.02. The Kier molecular flexibility index (Phi) is 5.36. The van der Waals surface area contributed by atoms with E-state index < -0.39 is 0 Å². The smallest absolute Gasteiger partial charge is 0.214 e. The first-order valence-electron chi connectivity index (χ1n) is 10.8. The lowest BCUT2D eigenvalue weighted by molar-refractivity contribution is 0.413. The number of methoxy groups -OCH3 is 1. The van der Waals surface area contributed by atoms with Gasteiger partial charge in [0.15, 0.2) is 0 Å². The average Bonchev–Trinajstić information content (AvgIpc) is 3.55. The summed E-state index contributed by atoms with van der Waals surface area (Å²) in [6.45, 7) is 0. The maximum absolute atomic E-state index is 14.3. The van der Waals surface area contributed by atoms with E-state index in [0.717, 1.165) is 31.0 Å². The van der Waals surface area contributed by atoms with Crippen LogP contribution in [-0.4, -0.2) is 30.1 Å². The summed E-state index contributed by atoms with van der Waals surface area (Å²) in [5, 5.41) is 6.74. The lowest BCUT2D eigenvalue weighted by atomic mass is 10.1. The molecule has 0 radical (unpaired) electrons. The van der Waals surface area contributed by atoms with Gasteiger partial charge in [0, 0.05) is 29.9 Å². The molecule has 4 N–H and O–H groups in total. The Labute approximate surface area is 181 Å². The molecule has 0 bridgehead atoms. The molecule has 2 heterocycles. The molecule has 8 heteroatoms. The number of hydrogen-bond donors (Lipinski definition) is 4. The summed E-state index contributed by atoms with van der Waals surface area (Å²) in [6.07, 6.45) is 9.21. The minimum atomic E-state index is -0.321. The molecule has 31 heavy (non-hydrogen) atoms. The van der Waals surface area contributed by atoms with Crippen molar-refractivity contribution in [2.75, 3.05) is 12.4 Å². The van der Waals surface area contributed by atoms with Crippen molar-refractivity contribution in [2.45, 2.75) is 44.2 Å². The van der Waals surface area contributed by atoms with E-state index in [1.807, 2.05) is 18.3 Å². The minimum absolute atomic E-state index is 0.257. The highest BCUT2D eigenvalue weighted by molar-refractivity contribution is 5.81. The molecular weight excluding hydrogens is 395 g/mol. The molecule has 2 fully saturated rings. The van der Waals surface area contributed by atoms with Crippen LogP contribution in [0.25, 0.3) is 11.1 Å². The second-order valence-electron chi connectivity index (χ2n) is 8.30. The molecular formula is C23H27FN6O. The van der Waals surface area contributed by atoms with Gasteiger partial charge in [-0.15, -0.1) is 0 Å². The highest BCUT2D eigenvalue weighted by Crippen LogP contribution is 2.35. The number of hydrogen-bond acceptors (Lipinski definition) is 5. The summed E-state index contributed by atoms with van der Waals surface area (Å²) in [4.78, 5) is 9.29. The fourth-order valence-corrected chi connectivity index (χ4v) is 4.21. The topological polar surface area (TPSA) is 82.6 Å². The summed E-state index contributed by atoms with van der Waals surface area (Å²) >= 11 is 0. The first-order valence-corrected chi connectivity index (χ1v) is 10.8. The second kappa shape index (κ2) is 8.45. The SMILES string of the molecule is COc1cccc(F)c1-c1ccc(N[C@H]2CC[C@H](N=C3NC=C(C4CC4)NN3)C2)nc1. The average molecular weight is 423 g/mol. The predicted molar refractivity (Wildman–Crippen MR) is 119 cm³/mol. The fourth-order valence-electron chi connectivity index (χ4n) is 4.21. The van der Waals surface area contributed by atoms with E-state index in [2.05, 4.69) is 26.5 Å². The second-order valence-corrected chi connectivity index (χ2v) is 8.30. The largest absolute Gasteiger partial charge is 0.496 e. The molecule has 2 aliphatic carbocycles. The van der Waals surface area contributed by atoms with Crippen molar-refractivity contribution < 1.29 is 9.13 Å². The van der Waals surface area contributed by atoms with Crippen molar-refractivity contribution in [3.05, 3.63) is 54.2 Å². The standard InChI is InChI=1S/C23H27FN6O/c1-31-20-4-2-3-18(24)22(20)15-7-10-21(25-12-15)27-16-8-9-17(11-16)28-23-26-13-19(29-30-23)14-5-6-14/h2-4,7,10,12-14,16-17,29H,5-6,8-9,11H2,1H3,(H,25,27)(H2,26,28,30)/t16-,17-/m0/s1. The fraction of sp³-hybridized carbons (Fsp3) is 0.391. The number of allylic oxidation sites excluding steroid dienone is 1. The lowest BCUT2D eigenvalue weighted by Crippen LogP contribution is -2.48. The Balaban J connectivity index is 1.18. The van der Waals surface area contributed by atoms with Crippen molar-refractivity contribution in [1.29, 1.82) is 0 Å².